The molecule has 11 heteroatoms. The molecule has 4 atom stereocenters. The highest BCUT2D eigenvalue weighted by molar-refractivity contribution is 6.24. The molecular formula is C23H27ClN3O7-. The summed E-state index contributed by atoms with van der Waals surface area (Å²) in [5.74, 6) is -6.54. The van der Waals surface area contributed by atoms with Gasteiger partial charge in [-0.2, -0.15) is 0 Å². The number of halogens is 1. The molecule has 1 aromatic rings. The molecule has 0 aliphatic heterocycles. The van der Waals surface area contributed by atoms with Gasteiger partial charge in [-0.1, -0.05) is 0 Å². The number of fused-ring (bicyclic) bond motifs is 3. The topological polar surface area (TPSA) is 165 Å². The number of nitrogens with two attached hydrogens (primary N) is 1. The molecule has 0 saturated heterocycles. The molecule has 0 bridgehead atoms. The SMILES string of the molecule is CN(C)c1ccc(O)c2c1C[C@H]1C[C@H]3[C@H](N(C)C)C(=O)C(C(N)=O)=C(O)[C@@]3(O)C(=O)C1=C2O.[Cl-]. The van der Waals surface area contributed by atoms with Crippen molar-refractivity contribution in [1.29, 1.82) is 0 Å². The first-order valence-electron chi connectivity index (χ1n) is 10.5. The highest BCUT2D eigenvalue weighted by Gasteiger charge is 2.64. The first-order chi connectivity index (χ1) is 15.3. The number of carbonyl (C=O) groups is 3. The molecule has 1 amide bonds. The van der Waals surface area contributed by atoms with E-state index in [1.165, 1.54) is 11.0 Å². The highest BCUT2D eigenvalue weighted by Crippen LogP contribution is 2.53. The number of aliphatic hydroxyl groups excluding tert-OH is 2. The fraction of sp³-hybridized carbons (Fsp3) is 0.435. The van der Waals surface area contributed by atoms with Crippen molar-refractivity contribution in [3.05, 3.63) is 40.2 Å². The van der Waals surface area contributed by atoms with Crippen LogP contribution in [0.25, 0.3) is 5.76 Å². The number of hydrogen-bond acceptors (Lipinski definition) is 9. The van der Waals surface area contributed by atoms with Gasteiger partial charge >= 0.3 is 0 Å². The second-order valence-corrected chi connectivity index (χ2v) is 9.31. The predicted molar refractivity (Wildman–Crippen MR) is 119 cm³/mol. The minimum absolute atomic E-state index is 0. The van der Waals surface area contributed by atoms with Crippen molar-refractivity contribution < 1.29 is 47.2 Å². The monoisotopic (exact) mass is 492 g/mol. The number of primary amides is 1. The minimum atomic E-state index is -2.63. The van der Waals surface area contributed by atoms with Crippen molar-refractivity contribution in [2.45, 2.75) is 24.5 Å². The standard InChI is InChI=1S/C23H27N3O7.ClH/c1-25(2)12-5-6-13(27)15-10(12)7-9-8-11-17(26(3)4)19(29)16(22(24)32)21(31)23(11,33)20(30)14(9)18(15)28;/h5-6,9,11,17,27-28,31,33H,7-8H2,1-4H3,(H2,24,32);1H/p-1/t9-,11-,17-,23-;/m0./s1. The number of ketones is 2. The quantitative estimate of drug-likeness (QED) is 0.277. The van der Waals surface area contributed by atoms with E-state index in [2.05, 4.69) is 0 Å². The van der Waals surface area contributed by atoms with E-state index >= 15 is 0 Å². The van der Waals surface area contributed by atoms with Crippen LogP contribution in [0, 0.1) is 11.8 Å². The van der Waals surface area contributed by atoms with Crippen LogP contribution in [0.5, 0.6) is 5.75 Å². The van der Waals surface area contributed by atoms with Crippen LogP contribution in [0.2, 0.25) is 0 Å². The Balaban J connectivity index is 0.00000324. The van der Waals surface area contributed by atoms with Crippen molar-refractivity contribution in [3.8, 4) is 5.75 Å². The molecule has 34 heavy (non-hydrogen) atoms. The third kappa shape index (κ3) is 3.20. The van der Waals surface area contributed by atoms with E-state index in [-0.39, 0.29) is 42.1 Å². The lowest BCUT2D eigenvalue weighted by Crippen LogP contribution is -3.00. The van der Waals surface area contributed by atoms with Gasteiger partial charge in [0.1, 0.15) is 22.8 Å². The third-order valence-corrected chi connectivity index (χ3v) is 7.06. The lowest BCUT2D eigenvalue weighted by Gasteiger charge is -2.50. The van der Waals surface area contributed by atoms with Gasteiger partial charge in [0.05, 0.1) is 11.6 Å². The van der Waals surface area contributed by atoms with E-state index in [0.29, 0.717) is 5.56 Å². The molecule has 0 spiro atoms. The number of benzene rings is 1. The normalized spacial score (nSPS) is 28.2. The van der Waals surface area contributed by atoms with Gasteiger partial charge in [-0.3, -0.25) is 19.3 Å². The van der Waals surface area contributed by atoms with E-state index in [1.54, 1.807) is 20.2 Å². The molecular weight excluding hydrogens is 466 g/mol. The molecule has 3 aliphatic carbocycles. The number of phenols is 1. The first kappa shape index (κ1) is 25.5. The molecule has 10 nitrogen and oxygen atoms in total. The summed E-state index contributed by atoms with van der Waals surface area (Å²) in [4.78, 5) is 42.0. The number of nitrogens with zero attached hydrogens (tertiary/aromatic N) is 2. The number of hydrogen-bond donors (Lipinski definition) is 5. The number of rotatable bonds is 3. The molecule has 6 N–H and O–H groups in total. The van der Waals surface area contributed by atoms with Crippen LogP contribution in [0.15, 0.2) is 29.0 Å². The van der Waals surface area contributed by atoms with Crippen LogP contribution in [-0.2, 0) is 20.8 Å². The van der Waals surface area contributed by atoms with Gasteiger partial charge in [0, 0.05) is 31.3 Å². The molecule has 1 fully saturated rings. The Morgan fingerprint density at radius 2 is 1.74 bits per heavy atom. The second kappa shape index (κ2) is 8.30. The minimum Gasteiger partial charge on any atom is -1.00 e. The summed E-state index contributed by atoms with van der Waals surface area (Å²) in [6.07, 6.45) is 0.324. The first-order valence-corrected chi connectivity index (χ1v) is 10.5. The Bertz CT molecular complexity index is 1170. The summed E-state index contributed by atoms with van der Waals surface area (Å²) in [6, 6.07) is 2.01. The molecule has 184 valence electrons. The van der Waals surface area contributed by atoms with Gasteiger partial charge in [-0.05, 0) is 50.6 Å². The van der Waals surface area contributed by atoms with Crippen molar-refractivity contribution >= 4 is 28.9 Å². The summed E-state index contributed by atoms with van der Waals surface area (Å²) >= 11 is 0. The molecule has 0 unspecified atom stereocenters. The van der Waals surface area contributed by atoms with Crippen LogP contribution in [0.4, 0.5) is 5.69 Å². The van der Waals surface area contributed by atoms with Gasteiger partial charge in [0.15, 0.2) is 11.4 Å². The second-order valence-electron chi connectivity index (χ2n) is 9.31. The molecule has 0 aromatic heterocycles. The van der Waals surface area contributed by atoms with Crippen LogP contribution in [-0.4, -0.2) is 82.6 Å². The summed E-state index contributed by atoms with van der Waals surface area (Å²) < 4.78 is 0. The number of phenolic OH excluding ortho intramolecular Hbond substituents is 1. The zero-order valence-corrected chi connectivity index (χ0v) is 19.9. The summed E-state index contributed by atoms with van der Waals surface area (Å²) in [7, 11) is 6.75. The predicted octanol–water partition coefficient (Wildman–Crippen LogP) is -2.97. The Morgan fingerprint density at radius 1 is 1.12 bits per heavy atom. The number of carbonyl (C=O) groups excluding carboxylic acids is 3. The highest BCUT2D eigenvalue weighted by atomic mass is 35.5. The number of amides is 1. The van der Waals surface area contributed by atoms with Crippen LogP contribution < -0.4 is 23.0 Å². The maximum Gasteiger partial charge on any atom is 0.255 e. The zero-order valence-electron chi connectivity index (χ0n) is 19.2. The number of anilines is 1. The largest absolute Gasteiger partial charge is 1.00 e. The van der Waals surface area contributed by atoms with Gasteiger partial charge in [-0.15, -0.1) is 0 Å². The molecule has 1 saturated carbocycles. The van der Waals surface area contributed by atoms with Crippen LogP contribution >= 0.6 is 0 Å². The molecule has 0 radical (unpaired) electrons. The third-order valence-electron chi connectivity index (χ3n) is 7.06. The molecule has 1 aromatic carbocycles. The van der Waals surface area contributed by atoms with E-state index in [1.807, 2.05) is 19.0 Å². The van der Waals surface area contributed by atoms with Crippen molar-refractivity contribution in [3.63, 3.8) is 0 Å². The summed E-state index contributed by atoms with van der Waals surface area (Å²) in [5, 5.41) is 43.9. The smallest absolute Gasteiger partial charge is 0.255 e. The molecule has 0 heterocycles. The van der Waals surface area contributed by atoms with Gasteiger partial charge in [0.25, 0.3) is 5.91 Å². The van der Waals surface area contributed by atoms with Gasteiger partial charge in [0.2, 0.25) is 5.78 Å². The zero-order chi connectivity index (χ0) is 24.6. The Labute approximate surface area is 202 Å². The lowest BCUT2D eigenvalue weighted by atomic mass is 9.57. The van der Waals surface area contributed by atoms with Crippen LogP contribution in [0.3, 0.4) is 0 Å². The number of Topliss-reactive ketones (excluding diaryl/α,β-unsaturated/α-hetero) is 2. The lowest BCUT2D eigenvalue weighted by molar-refractivity contribution is -0.153. The van der Waals surface area contributed by atoms with E-state index in [4.69, 9.17) is 5.73 Å². The van der Waals surface area contributed by atoms with Crippen molar-refractivity contribution in [1.82, 2.24) is 4.90 Å². The van der Waals surface area contributed by atoms with E-state index in [0.717, 1.165) is 5.69 Å². The molecule has 4 rings (SSSR count). The summed E-state index contributed by atoms with van der Waals surface area (Å²) in [5.41, 5.74) is 3.15. The van der Waals surface area contributed by atoms with E-state index < -0.39 is 58.0 Å². The maximum absolute atomic E-state index is 13.7. The number of aromatic hydroxyl groups is 1. The number of likely N-dealkylation sites (N-methyl/N-ethyl adjacent to an activating group) is 1. The summed E-state index contributed by atoms with van der Waals surface area (Å²) in [6.45, 7) is 0. The fourth-order valence-corrected chi connectivity index (χ4v) is 5.65. The number of aliphatic hydroxyl groups is 3. The molecule has 3 aliphatic rings. The Kier molecular flexibility index (Phi) is 6.23. The van der Waals surface area contributed by atoms with Crippen molar-refractivity contribution in [2.24, 2.45) is 17.6 Å². The average Bonchev–Trinajstić information content (AvgIpc) is 2.70. The van der Waals surface area contributed by atoms with Gasteiger partial charge in [-0.25, -0.2) is 0 Å². The van der Waals surface area contributed by atoms with Gasteiger partial charge < -0.3 is 43.5 Å². The Hall–Kier alpha value is -3.08. The fourth-order valence-electron chi connectivity index (χ4n) is 5.65. The maximum atomic E-state index is 13.7. The van der Waals surface area contributed by atoms with E-state index in [9.17, 15) is 34.8 Å². The Morgan fingerprint density at radius 3 is 2.26 bits per heavy atom. The van der Waals surface area contributed by atoms with Crippen LogP contribution in [0.1, 0.15) is 17.5 Å². The average molecular weight is 493 g/mol. The van der Waals surface area contributed by atoms with Crippen molar-refractivity contribution in [2.75, 3.05) is 33.1 Å².